The summed E-state index contributed by atoms with van der Waals surface area (Å²) in [4.78, 5) is 11.0. The molecule has 2 aromatic carbocycles. The lowest BCUT2D eigenvalue weighted by Gasteiger charge is -2.35. The molecule has 1 saturated heterocycles. The standard InChI is InChI=1S/C24H30N6O.C24H27N5O3/c1-5-16-11-17(18-10-15(2)23-25-14-26-30(23)13-18)12-21-22(16)24(28-27-21)31-20-8-6-19(7-9-20)29(3)4;1-3-16-11-17(18-10-15(2)22-25-14-26-29(22)13-18)12-20-21(16)23(28-27-20)32-19-4-6-24(7-5-19)30-8-9-31-24/h10-14,19-20H,5-9H2,1-4H3,(H,27,28);10-14,19H,3-9H2,1-2H3,(H,27,28). The monoisotopic (exact) mass is 851 g/mol. The predicted molar refractivity (Wildman–Crippen MR) is 242 cm³/mol. The molecule has 15 heteroatoms. The van der Waals surface area contributed by atoms with Crippen LogP contribution in [0, 0.1) is 13.8 Å². The van der Waals surface area contributed by atoms with E-state index in [-0.39, 0.29) is 18.0 Å². The lowest BCUT2D eigenvalue weighted by molar-refractivity contribution is -0.186. The Morgan fingerprint density at radius 2 is 1.13 bits per heavy atom. The third-order valence-electron chi connectivity index (χ3n) is 13.4. The first-order valence-corrected chi connectivity index (χ1v) is 22.6. The van der Waals surface area contributed by atoms with Crippen molar-refractivity contribution >= 4 is 33.1 Å². The predicted octanol–water partition coefficient (Wildman–Crippen LogP) is 8.60. The Hall–Kier alpha value is -5.90. The molecule has 3 fully saturated rings. The molecule has 0 atom stereocenters. The molecule has 7 heterocycles. The molecule has 0 unspecified atom stereocenters. The number of fused-ring (bicyclic) bond motifs is 4. The molecule has 1 spiro atoms. The number of nitrogens with zero attached hydrogens (tertiary/aromatic N) is 9. The third-order valence-corrected chi connectivity index (χ3v) is 13.4. The molecule has 2 saturated carbocycles. The Morgan fingerprint density at radius 1 is 0.651 bits per heavy atom. The Bertz CT molecular complexity index is 2890. The van der Waals surface area contributed by atoms with E-state index in [2.05, 4.69) is 124 Å². The summed E-state index contributed by atoms with van der Waals surface area (Å²) < 4.78 is 28.2. The number of hydrogen-bond acceptors (Lipinski definition) is 11. The molecule has 0 amide bonds. The maximum absolute atomic E-state index is 6.41. The summed E-state index contributed by atoms with van der Waals surface area (Å²) >= 11 is 0. The van der Waals surface area contributed by atoms with Crippen molar-refractivity contribution in [1.82, 2.24) is 54.5 Å². The molecule has 3 aliphatic rings. The molecular weight excluding hydrogens is 795 g/mol. The van der Waals surface area contributed by atoms with Gasteiger partial charge in [-0.2, -0.15) is 10.2 Å². The van der Waals surface area contributed by atoms with Crippen molar-refractivity contribution in [3.05, 3.63) is 83.7 Å². The zero-order valence-corrected chi connectivity index (χ0v) is 37.1. The summed E-state index contributed by atoms with van der Waals surface area (Å²) in [6.45, 7) is 9.87. The quantitative estimate of drug-likeness (QED) is 0.143. The number of H-pyrrole nitrogens is 2. The number of nitrogens with one attached hydrogen (secondary N) is 2. The van der Waals surface area contributed by atoms with Gasteiger partial charge in [0.15, 0.2) is 17.1 Å². The van der Waals surface area contributed by atoms with Gasteiger partial charge in [-0.3, -0.25) is 10.2 Å². The van der Waals surface area contributed by atoms with E-state index in [4.69, 9.17) is 18.9 Å². The van der Waals surface area contributed by atoms with E-state index in [9.17, 15) is 0 Å². The molecule has 328 valence electrons. The fourth-order valence-corrected chi connectivity index (χ4v) is 9.91. The third kappa shape index (κ3) is 8.02. The number of pyridine rings is 2. The van der Waals surface area contributed by atoms with Gasteiger partial charge in [-0.05, 0) is 137 Å². The first-order chi connectivity index (χ1) is 30.7. The van der Waals surface area contributed by atoms with E-state index in [1.165, 1.54) is 24.0 Å². The molecule has 15 nitrogen and oxygen atoms in total. The number of aryl methyl sites for hydroxylation is 4. The topological polar surface area (TPSA) is 158 Å². The van der Waals surface area contributed by atoms with Gasteiger partial charge < -0.3 is 23.8 Å². The second-order valence-corrected chi connectivity index (χ2v) is 17.7. The highest BCUT2D eigenvalue weighted by atomic mass is 16.7. The number of benzene rings is 2. The molecule has 63 heavy (non-hydrogen) atoms. The number of hydrogen-bond donors (Lipinski definition) is 2. The lowest BCUT2D eigenvalue weighted by Crippen LogP contribution is -2.38. The summed E-state index contributed by atoms with van der Waals surface area (Å²) in [6, 6.07) is 13.8. The van der Waals surface area contributed by atoms with Gasteiger partial charge in [0.25, 0.3) is 0 Å². The first kappa shape index (κ1) is 41.1. The molecule has 8 aromatic rings. The SMILES string of the molecule is CCc1cc(-c2cc(C)c3ncnn3c2)cc2[nH]nc(OC3CCC(N(C)C)CC3)c12.CCc1cc(-c2cc(C)c3ncnn3c2)cc2[nH]nc(OC3CCC4(CC3)OCCO4)c12. The first-order valence-electron chi connectivity index (χ1n) is 22.6. The van der Waals surface area contributed by atoms with Crippen LogP contribution in [0.1, 0.15) is 87.5 Å². The van der Waals surface area contributed by atoms with Crippen molar-refractivity contribution in [2.75, 3.05) is 27.3 Å². The van der Waals surface area contributed by atoms with Crippen LogP contribution in [0.5, 0.6) is 11.8 Å². The number of rotatable bonds is 9. The second kappa shape index (κ2) is 17.0. The van der Waals surface area contributed by atoms with Crippen molar-refractivity contribution in [1.29, 1.82) is 0 Å². The number of ether oxygens (including phenoxy) is 4. The van der Waals surface area contributed by atoms with Crippen LogP contribution >= 0.6 is 0 Å². The van der Waals surface area contributed by atoms with E-state index in [0.29, 0.717) is 25.1 Å². The fraction of sp³-hybridized carbons (Fsp3) is 0.458. The molecule has 1 aliphatic heterocycles. The van der Waals surface area contributed by atoms with Gasteiger partial charge in [-0.1, -0.05) is 26.0 Å². The molecule has 0 bridgehead atoms. The minimum atomic E-state index is -0.375. The highest BCUT2D eigenvalue weighted by Crippen LogP contribution is 2.40. The maximum Gasteiger partial charge on any atom is 0.241 e. The molecule has 0 radical (unpaired) electrons. The summed E-state index contributed by atoms with van der Waals surface area (Å²) in [5, 5.41) is 26.3. The zero-order chi connectivity index (χ0) is 43.2. The Morgan fingerprint density at radius 3 is 1.59 bits per heavy atom. The van der Waals surface area contributed by atoms with Crippen molar-refractivity contribution in [2.24, 2.45) is 0 Å². The highest BCUT2D eigenvalue weighted by molar-refractivity contribution is 5.93. The molecule has 11 rings (SSSR count). The zero-order valence-electron chi connectivity index (χ0n) is 37.1. The van der Waals surface area contributed by atoms with Crippen molar-refractivity contribution in [3.8, 4) is 34.0 Å². The van der Waals surface area contributed by atoms with Gasteiger partial charge in [-0.15, -0.1) is 10.2 Å². The second-order valence-electron chi connectivity index (χ2n) is 17.7. The van der Waals surface area contributed by atoms with Gasteiger partial charge in [-0.25, -0.2) is 19.0 Å². The minimum absolute atomic E-state index is 0.127. The summed E-state index contributed by atoms with van der Waals surface area (Å²) in [6.07, 6.45) is 17.5. The fourth-order valence-electron chi connectivity index (χ4n) is 9.91. The Kier molecular flexibility index (Phi) is 11.1. The van der Waals surface area contributed by atoms with Crippen molar-refractivity contribution < 1.29 is 18.9 Å². The van der Waals surface area contributed by atoms with Crippen LogP contribution < -0.4 is 9.47 Å². The smallest absolute Gasteiger partial charge is 0.241 e. The largest absolute Gasteiger partial charge is 0.473 e. The van der Waals surface area contributed by atoms with Crippen LogP contribution in [0.15, 0.2) is 61.4 Å². The summed E-state index contributed by atoms with van der Waals surface area (Å²) in [5.41, 5.74) is 12.9. The van der Waals surface area contributed by atoms with E-state index in [0.717, 1.165) is 124 Å². The number of aromatic amines is 2. The van der Waals surface area contributed by atoms with Crippen LogP contribution in [0.3, 0.4) is 0 Å². The lowest BCUT2D eigenvalue weighted by atomic mass is 9.92. The van der Waals surface area contributed by atoms with E-state index < -0.39 is 0 Å². The average Bonchev–Trinajstić information content (AvgIpc) is 4.16. The molecular formula is C48H57N11O4. The minimum Gasteiger partial charge on any atom is -0.473 e. The van der Waals surface area contributed by atoms with E-state index in [1.807, 2.05) is 21.4 Å². The normalized spacial score (nSPS) is 19.2. The van der Waals surface area contributed by atoms with Gasteiger partial charge in [0, 0.05) is 42.4 Å². The Balaban J connectivity index is 0.000000150. The van der Waals surface area contributed by atoms with Gasteiger partial charge in [0.1, 0.15) is 24.9 Å². The number of aromatic nitrogens is 10. The van der Waals surface area contributed by atoms with Gasteiger partial charge >= 0.3 is 0 Å². The van der Waals surface area contributed by atoms with E-state index >= 15 is 0 Å². The summed E-state index contributed by atoms with van der Waals surface area (Å²) in [5.74, 6) is 1.07. The van der Waals surface area contributed by atoms with Crippen LogP contribution in [-0.4, -0.2) is 106 Å². The van der Waals surface area contributed by atoms with E-state index in [1.54, 1.807) is 12.7 Å². The van der Waals surface area contributed by atoms with Crippen LogP contribution in [0.25, 0.3) is 55.4 Å². The van der Waals surface area contributed by atoms with Crippen LogP contribution in [-0.2, 0) is 22.3 Å². The van der Waals surface area contributed by atoms with Crippen molar-refractivity contribution in [3.63, 3.8) is 0 Å². The Labute approximate surface area is 366 Å². The van der Waals surface area contributed by atoms with Crippen LogP contribution in [0.4, 0.5) is 0 Å². The maximum atomic E-state index is 6.41. The average molecular weight is 852 g/mol. The van der Waals surface area contributed by atoms with Gasteiger partial charge in [0.05, 0.1) is 35.0 Å². The molecule has 2 N–H and O–H groups in total. The van der Waals surface area contributed by atoms with Gasteiger partial charge in [0.2, 0.25) is 11.8 Å². The molecule has 6 aromatic heterocycles. The molecule has 2 aliphatic carbocycles. The highest BCUT2D eigenvalue weighted by Gasteiger charge is 2.41. The summed E-state index contributed by atoms with van der Waals surface area (Å²) in [7, 11) is 4.33. The van der Waals surface area contributed by atoms with Crippen LogP contribution in [0.2, 0.25) is 0 Å². The van der Waals surface area contributed by atoms with Crippen molar-refractivity contribution in [2.45, 2.75) is 116 Å².